The third-order valence-corrected chi connectivity index (χ3v) is 4.01. The second-order valence-corrected chi connectivity index (χ2v) is 5.47. The smallest absolute Gasteiger partial charge is 0.126 e. The molecule has 1 aliphatic rings. The number of aliphatic hydroxyl groups is 1. The molecule has 0 aliphatic heterocycles. The van der Waals surface area contributed by atoms with Crippen molar-refractivity contribution < 1.29 is 18.6 Å². The van der Waals surface area contributed by atoms with E-state index in [4.69, 9.17) is 4.74 Å². The van der Waals surface area contributed by atoms with Crippen LogP contribution in [0.3, 0.4) is 0 Å². The quantitative estimate of drug-likeness (QED) is 0.886. The zero-order chi connectivity index (χ0) is 14.5. The van der Waals surface area contributed by atoms with Crippen molar-refractivity contribution >= 4 is 0 Å². The van der Waals surface area contributed by atoms with Gasteiger partial charge in [-0.05, 0) is 43.4 Å². The molecule has 2 unspecified atom stereocenters. The second-order valence-electron chi connectivity index (χ2n) is 5.47. The molecule has 0 saturated heterocycles. The summed E-state index contributed by atoms with van der Waals surface area (Å²) in [4.78, 5) is 0. The van der Waals surface area contributed by atoms with Crippen LogP contribution in [-0.4, -0.2) is 17.8 Å². The molecule has 0 amide bonds. The van der Waals surface area contributed by atoms with Gasteiger partial charge in [-0.3, -0.25) is 0 Å². The van der Waals surface area contributed by atoms with Crippen LogP contribution in [0.5, 0.6) is 0 Å². The summed E-state index contributed by atoms with van der Waals surface area (Å²) in [6.07, 6.45) is 4.08. The Bertz CT molecular complexity index is 410. The molecule has 1 N–H and O–H groups in total. The fraction of sp³-hybridized carbons (Fsp3) is 0.625. The molecule has 2 nitrogen and oxygen atoms in total. The average molecular weight is 284 g/mol. The maximum absolute atomic E-state index is 13.3. The third-order valence-electron chi connectivity index (χ3n) is 4.01. The van der Waals surface area contributed by atoms with Crippen LogP contribution < -0.4 is 0 Å². The number of ether oxygens (including phenoxy) is 1. The molecule has 1 fully saturated rings. The van der Waals surface area contributed by atoms with Crippen LogP contribution in [0.4, 0.5) is 8.78 Å². The zero-order valence-corrected chi connectivity index (χ0v) is 11.8. The Morgan fingerprint density at radius 2 is 1.75 bits per heavy atom. The summed E-state index contributed by atoms with van der Waals surface area (Å²) >= 11 is 0. The Hall–Kier alpha value is -1.00. The lowest BCUT2D eigenvalue weighted by Gasteiger charge is -2.33. The molecule has 1 saturated carbocycles. The largest absolute Gasteiger partial charge is 0.386 e. The molecule has 1 aromatic rings. The van der Waals surface area contributed by atoms with Crippen LogP contribution in [0.15, 0.2) is 18.2 Å². The van der Waals surface area contributed by atoms with Crippen LogP contribution >= 0.6 is 0 Å². The van der Waals surface area contributed by atoms with E-state index in [-0.39, 0.29) is 17.6 Å². The van der Waals surface area contributed by atoms with Crippen LogP contribution in [0.2, 0.25) is 0 Å². The van der Waals surface area contributed by atoms with E-state index in [2.05, 4.69) is 0 Å². The predicted octanol–water partition coefficient (Wildman–Crippen LogP) is 3.98. The van der Waals surface area contributed by atoms with Gasteiger partial charge < -0.3 is 9.84 Å². The Labute approximate surface area is 118 Å². The van der Waals surface area contributed by atoms with Crippen molar-refractivity contribution in [1.29, 1.82) is 0 Å². The standard InChI is InChI=1S/C16H22F2O2/c1-2-20-16(11-6-4-3-5-7-11)15(19)12-8-13(17)10-14(18)9-12/h8-11,15-16,19H,2-7H2,1H3. The van der Waals surface area contributed by atoms with Gasteiger partial charge in [0.25, 0.3) is 0 Å². The van der Waals surface area contributed by atoms with E-state index in [1.807, 2.05) is 6.92 Å². The molecule has 20 heavy (non-hydrogen) atoms. The fourth-order valence-electron chi connectivity index (χ4n) is 3.08. The highest BCUT2D eigenvalue weighted by atomic mass is 19.1. The average Bonchev–Trinajstić information content (AvgIpc) is 2.44. The first-order valence-corrected chi connectivity index (χ1v) is 7.37. The molecular formula is C16H22F2O2. The summed E-state index contributed by atoms with van der Waals surface area (Å²) < 4.78 is 32.3. The van der Waals surface area contributed by atoms with Crippen molar-refractivity contribution in [3.05, 3.63) is 35.4 Å². The molecule has 0 spiro atoms. The number of hydrogen-bond donors (Lipinski definition) is 1. The highest BCUT2D eigenvalue weighted by Gasteiger charge is 2.31. The highest BCUT2D eigenvalue weighted by molar-refractivity contribution is 5.21. The minimum Gasteiger partial charge on any atom is -0.386 e. The van der Waals surface area contributed by atoms with E-state index in [9.17, 15) is 13.9 Å². The summed E-state index contributed by atoms with van der Waals surface area (Å²) in [5, 5.41) is 10.5. The molecule has 112 valence electrons. The molecule has 2 atom stereocenters. The third kappa shape index (κ3) is 3.76. The summed E-state index contributed by atoms with van der Waals surface area (Å²) in [5.41, 5.74) is 0.256. The van der Waals surface area contributed by atoms with Gasteiger partial charge in [-0.25, -0.2) is 8.78 Å². The van der Waals surface area contributed by atoms with Crippen LogP contribution in [0, 0.1) is 17.6 Å². The molecule has 1 aromatic carbocycles. The Balaban J connectivity index is 2.18. The van der Waals surface area contributed by atoms with Gasteiger partial charge in [0, 0.05) is 12.7 Å². The van der Waals surface area contributed by atoms with E-state index in [1.54, 1.807) is 0 Å². The van der Waals surface area contributed by atoms with Crippen molar-refractivity contribution in [3.63, 3.8) is 0 Å². The number of halogens is 2. The van der Waals surface area contributed by atoms with Gasteiger partial charge in [-0.15, -0.1) is 0 Å². The monoisotopic (exact) mass is 284 g/mol. The van der Waals surface area contributed by atoms with Crippen molar-refractivity contribution in [2.24, 2.45) is 5.92 Å². The Kier molecular flexibility index (Phi) is 5.49. The number of benzene rings is 1. The Morgan fingerprint density at radius 1 is 1.15 bits per heavy atom. The number of aliphatic hydroxyl groups excluding tert-OH is 1. The first kappa shape index (κ1) is 15.4. The maximum Gasteiger partial charge on any atom is 0.126 e. The maximum atomic E-state index is 13.3. The molecule has 2 rings (SSSR count). The lowest BCUT2D eigenvalue weighted by molar-refractivity contribution is -0.0740. The Morgan fingerprint density at radius 3 is 2.30 bits per heavy atom. The summed E-state index contributed by atoms with van der Waals surface area (Å²) in [6.45, 7) is 2.35. The first-order chi connectivity index (χ1) is 9.61. The van der Waals surface area contributed by atoms with E-state index >= 15 is 0 Å². The van der Waals surface area contributed by atoms with Gasteiger partial charge in [0.15, 0.2) is 0 Å². The molecule has 1 aliphatic carbocycles. The lowest BCUT2D eigenvalue weighted by Crippen LogP contribution is -2.32. The molecule has 4 heteroatoms. The van der Waals surface area contributed by atoms with E-state index < -0.39 is 17.7 Å². The lowest BCUT2D eigenvalue weighted by atomic mass is 9.82. The van der Waals surface area contributed by atoms with Crippen molar-refractivity contribution in [2.75, 3.05) is 6.61 Å². The fourth-order valence-corrected chi connectivity index (χ4v) is 3.08. The van der Waals surface area contributed by atoms with Crippen molar-refractivity contribution in [3.8, 4) is 0 Å². The van der Waals surface area contributed by atoms with Gasteiger partial charge in [0.1, 0.15) is 17.7 Å². The van der Waals surface area contributed by atoms with Crippen molar-refractivity contribution in [2.45, 2.75) is 51.2 Å². The SMILES string of the molecule is CCOC(C1CCCCC1)C(O)c1cc(F)cc(F)c1. The predicted molar refractivity (Wildman–Crippen MR) is 73.3 cm³/mol. The van der Waals surface area contributed by atoms with Crippen LogP contribution in [-0.2, 0) is 4.74 Å². The summed E-state index contributed by atoms with van der Waals surface area (Å²) in [6, 6.07) is 3.18. The van der Waals surface area contributed by atoms with E-state index in [0.717, 1.165) is 31.7 Å². The molecule has 0 bridgehead atoms. The number of rotatable bonds is 5. The second kappa shape index (κ2) is 7.14. The van der Waals surface area contributed by atoms with Gasteiger partial charge in [0.05, 0.1) is 6.10 Å². The highest BCUT2D eigenvalue weighted by Crippen LogP contribution is 2.34. The van der Waals surface area contributed by atoms with E-state index in [1.165, 1.54) is 18.6 Å². The minimum atomic E-state index is -0.983. The topological polar surface area (TPSA) is 29.5 Å². The number of hydrogen-bond acceptors (Lipinski definition) is 2. The first-order valence-electron chi connectivity index (χ1n) is 7.37. The van der Waals surface area contributed by atoms with Gasteiger partial charge >= 0.3 is 0 Å². The molecule has 0 radical (unpaired) electrons. The molecule has 0 heterocycles. The van der Waals surface area contributed by atoms with Crippen molar-refractivity contribution in [1.82, 2.24) is 0 Å². The summed E-state index contributed by atoms with van der Waals surface area (Å²) in [5.74, 6) is -1.08. The van der Waals surface area contributed by atoms with Gasteiger partial charge in [-0.1, -0.05) is 19.3 Å². The van der Waals surface area contributed by atoms with Crippen LogP contribution in [0.1, 0.15) is 50.7 Å². The minimum absolute atomic E-state index is 0.255. The molecule has 0 aromatic heterocycles. The summed E-state index contributed by atoms with van der Waals surface area (Å²) in [7, 11) is 0. The molecular weight excluding hydrogens is 262 g/mol. The van der Waals surface area contributed by atoms with Gasteiger partial charge in [-0.2, -0.15) is 0 Å². The zero-order valence-electron chi connectivity index (χ0n) is 11.8. The van der Waals surface area contributed by atoms with Crippen LogP contribution in [0.25, 0.3) is 0 Å². The normalized spacial score (nSPS) is 19.8. The van der Waals surface area contributed by atoms with E-state index in [0.29, 0.717) is 6.61 Å². The van der Waals surface area contributed by atoms with Gasteiger partial charge in [0.2, 0.25) is 0 Å².